The van der Waals surface area contributed by atoms with E-state index in [0.29, 0.717) is 0 Å². The van der Waals surface area contributed by atoms with Crippen molar-refractivity contribution in [3.63, 3.8) is 0 Å². The Morgan fingerprint density at radius 1 is 0.947 bits per heavy atom. The number of hydrogen-bond donors (Lipinski definition) is 0. The summed E-state index contributed by atoms with van der Waals surface area (Å²) in [5.74, 6) is 0. The lowest BCUT2D eigenvalue weighted by atomic mass is 9.98. The van der Waals surface area contributed by atoms with Crippen molar-refractivity contribution in [2.75, 3.05) is 0 Å². The molecule has 1 aliphatic carbocycles. The summed E-state index contributed by atoms with van der Waals surface area (Å²) < 4.78 is 1.67. The average molecular weight is 254 g/mol. The van der Waals surface area contributed by atoms with Gasteiger partial charge in [-0.1, -0.05) is 31.0 Å². The van der Waals surface area contributed by atoms with E-state index in [9.17, 15) is 4.79 Å². The minimum Gasteiger partial charge on any atom is -0.269 e. The molecule has 1 aromatic carbocycles. The SMILES string of the molecule is O=c1c2c(ncn1-c1ccccc1)CCCCCC2. The lowest BCUT2D eigenvalue weighted by molar-refractivity contribution is 0.600. The maximum absolute atomic E-state index is 12.6. The molecular weight excluding hydrogens is 236 g/mol. The number of fused-ring (bicyclic) bond motifs is 1. The molecule has 1 aliphatic rings. The molecule has 0 atom stereocenters. The minimum absolute atomic E-state index is 0.109. The third-order valence-corrected chi connectivity index (χ3v) is 3.78. The van der Waals surface area contributed by atoms with Gasteiger partial charge in [0, 0.05) is 5.56 Å². The van der Waals surface area contributed by atoms with Crippen molar-refractivity contribution in [3.05, 3.63) is 58.3 Å². The van der Waals surface area contributed by atoms with Gasteiger partial charge in [0.05, 0.1) is 11.4 Å². The zero-order valence-corrected chi connectivity index (χ0v) is 11.0. The lowest BCUT2D eigenvalue weighted by Crippen LogP contribution is -2.25. The molecule has 0 aliphatic heterocycles. The Morgan fingerprint density at radius 3 is 2.47 bits per heavy atom. The predicted molar refractivity (Wildman–Crippen MR) is 75.7 cm³/mol. The van der Waals surface area contributed by atoms with E-state index in [1.54, 1.807) is 10.9 Å². The van der Waals surface area contributed by atoms with E-state index in [2.05, 4.69) is 4.98 Å². The molecule has 0 saturated heterocycles. The fourth-order valence-corrected chi connectivity index (χ4v) is 2.71. The normalized spacial score (nSPS) is 15.4. The van der Waals surface area contributed by atoms with Gasteiger partial charge in [-0.25, -0.2) is 4.98 Å². The summed E-state index contributed by atoms with van der Waals surface area (Å²) in [6.07, 6.45) is 8.21. The molecule has 0 unspecified atom stereocenters. The Balaban J connectivity index is 2.09. The van der Waals surface area contributed by atoms with E-state index < -0.39 is 0 Å². The molecular formula is C16H18N2O. The van der Waals surface area contributed by atoms with Crippen LogP contribution in [0.5, 0.6) is 0 Å². The van der Waals surface area contributed by atoms with E-state index >= 15 is 0 Å². The first-order chi connectivity index (χ1) is 9.36. The van der Waals surface area contributed by atoms with Crippen molar-refractivity contribution in [2.45, 2.75) is 38.5 Å². The van der Waals surface area contributed by atoms with Crippen molar-refractivity contribution in [2.24, 2.45) is 0 Å². The molecule has 19 heavy (non-hydrogen) atoms. The maximum atomic E-state index is 12.6. The fraction of sp³-hybridized carbons (Fsp3) is 0.375. The van der Waals surface area contributed by atoms with Gasteiger partial charge in [0.2, 0.25) is 0 Å². The number of aryl methyl sites for hydroxylation is 1. The highest BCUT2D eigenvalue weighted by molar-refractivity contribution is 5.33. The third-order valence-electron chi connectivity index (χ3n) is 3.78. The zero-order valence-electron chi connectivity index (χ0n) is 11.0. The van der Waals surface area contributed by atoms with Crippen molar-refractivity contribution >= 4 is 0 Å². The maximum Gasteiger partial charge on any atom is 0.261 e. The summed E-state index contributed by atoms with van der Waals surface area (Å²) in [5, 5.41) is 0. The number of nitrogens with zero attached hydrogens (tertiary/aromatic N) is 2. The predicted octanol–water partition coefficient (Wildman–Crippen LogP) is 2.89. The van der Waals surface area contributed by atoms with Gasteiger partial charge in [-0.15, -0.1) is 0 Å². The van der Waals surface area contributed by atoms with Crippen LogP contribution in [0.1, 0.15) is 36.9 Å². The molecule has 3 rings (SSSR count). The van der Waals surface area contributed by atoms with Gasteiger partial charge >= 0.3 is 0 Å². The Hall–Kier alpha value is -1.90. The number of rotatable bonds is 1. The Bertz CT molecular complexity index is 616. The van der Waals surface area contributed by atoms with Crippen LogP contribution in [0.15, 0.2) is 41.5 Å². The van der Waals surface area contributed by atoms with Gasteiger partial charge in [-0.05, 0) is 37.8 Å². The first-order valence-corrected chi connectivity index (χ1v) is 7.01. The molecule has 1 aromatic heterocycles. The van der Waals surface area contributed by atoms with E-state index in [0.717, 1.165) is 42.6 Å². The summed E-state index contributed by atoms with van der Waals surface area (Å²) in [4.78, 5) is 17.1. The molecule has 0 amide bonds. The molecule has 0 saturated carbocycles. The highest BCUT2D eigenvalue weighted by Crippen LogP contribution is 2.16. The van der Waals surface area contributed by atoms with Gasteiger partial charge in [0.25, 0.3) is 5.56 Å². The summed E-state index contributed by atoms with van der Waals surface area (Å²) >= 11 is 0. The number of benzene rings is 1. The highest BCUT2D eigenvalue weighted by atomic mass is 16.1. The van der Waals surface area contributed by atoms with E-state index in [1.807, 2.05) is 30.3 Å². The quantitative estimate of drug-likeness (QED) is 0.784. The van der Waals surface area contributed by atoms with Crippen LogP contribution in [0, 0.1) is 0 Å². The monoisotopic (exact) mass is 254 g/mol. The van der Waals surface area contributed by atoms with Crippen LogP contribution in [0.2, 0.25) is 0 Å². The first-order valence-electron chi connectivity index (χ1n) is 7.01. The summed E-state index contributed by atoms with van der Waals surface area (Å²) in [6.45, 7) is 0. The molecule has 1 heterocycles. The van der Waals surface area contributed by atoms with Crippen molar-refractivity contribution < 1.29 is 0 Å². The van der Waals surface area contributed by atoms with Crippen molar-refractivity contribution in [1.82, 2.24) is 9.55 Å². The van der Waals surface area contributed by atoms with E-state index in [4.69, 9.17) is 0 Å². The fourth-order valence-electron chi connectivity index (χ4n) is 2.71. The molecule has 0 fully saturated rings. The van der Waals surface area contributed by atoms with Gasteiger partial charge < -0.3 is 0 Å². The smallest absolute Gasteiger partial charge is 0.261 e. The van der Waals surface area contributed by atoms with Crippen LogP contribution in [-0.2, 0) is 12.8 Å². The van der Waals surface area contributed by atoms with Crippen LogP contribution in [0.3, 0.4) is 0 Å². The van der Waals surface area contributed by atoms with Gasteiger partial charge in [-0.3, -0.25) is 9.36 Å². The number of hydrogen-bond acceptors (Lipinski definition) is 2. The Morgan fingerprint density at radius 2 is 1.68 bits per heavy atom. The van der Waals surface area contributed by atoms with Gasteiger partial charge in [0.1, 0.15) is 6.33 Å². The largest absolute Gasteiger partial charge is 0.269 e. The number of aromatic nitrogens is 2. The molecule has 2 aromatic rings. The van der Waals surface area contributed by atoms with Crippen LogP contribution < -0.4 is 5.56 Å². The van der Waals surface area contributed by atoms with Crippen LogP contribution in [0.4, 0.5) is 0 Å². The number of para-hydroxylation sites is 1. The standard InChI is InChI=1S/C16H18N2O/c19-16-14-10-6-1-2-7-11-15(14)17-12-18(16)13-8-4-3-5-9-13/h3-5,8-9,12H,1-2,6-7,10-11H2. The molecule has 98 valence electrons. The summed E-state index contributed by atoms with van der Waals surface area (Å²) in [5.41, 5.74) is 2.94. The van der Waals surface area contributed by atoms with Crippen LogP contribution in [0.25, 0.3) is 5.69 Å². The van der Waals surface area contributed by atoms with Crippen LogP contribution >= 0.6 is 0 Å². The second kappa shape index (κ2) is 5.39. The summed E-state index contributed by atoms with van der Waals surface area (Å²) in [6, 6.07) is 9.73. The lowest BCUT2D eigenvalue weighted by Gasteiger charge is -2.14. The highest BCUT2D eigenvalue weighted by Gasteiger charge is 2.14. The van der Waals surface area contributed by atoms with E-state index in [1.165, 1.54) is 12.8 Å². The Kier molecular flexibility index (Phi) is 3.45. The molecule has 3 nitrogen and oxygen atoms in total. The second-order valence-corrected chi connectivity index (χ2v) is 5.09. The van der Waals surface area contributed by atoms with Crippen molar-refractivity contribution in [1.29, 1.82) is 0 Å². The molecule has 0 spiro atoms. The average Bonchev–Trinajstić information content (AvgIpc) is 2.41. The molecule has 0 N–H and O–H groups in total. The van der Waals surface area contributed by atoms with Crippen LogP contribution in [-0.4, -0.2) is 9.55 Å². The third kappa shape index (κ3) is 2.46. The van der Waals surface area contributed by atoms with E-state index in [-0.39, 0.29) is 5.56 Å². The summed E-state index contributed by atoms with van der Waals surface area (Å²) in [7, 11) is 0. The minimum atomic E-state index is 0.109. The zero-order chi connectivity index (χ0) is 13.1. The molecule has 0 radical (unpaired) electrons. The molecule has 3 heteroatoms. The first kappa shape index (κ1) is 12.2. The Labute approximate surface area is 112 Å². The second-order valence-electron chi connectivity index (χ2n) is 5.09. The van der Waals surface area contributed by atoms with Crippen molar-refractivity contribution in [3.8, 4) is 5.69 Å². The molecule has 0 bridgehead atoms. The topological polar surface area (TPSA) is 34.9 Å². The van der Waals surface area contributed by atoms with Gasteiger partial charge in [-0.2, -0.15) is 0 Å². The van der Waals surface area contributed by atoms with Gasteiger partial charge in [0.15, 0.2) is 0 Å².